The zero-order valence-corrected chi connectivity index (χ0v) is 14.8. The van der Waals surface area contributed by atoms with Crippen molar-refractivity contribution in [3.63, 3.8) is 0 Å². The molecule has 0 fully saturated rings. The van der Waals surface area contributed by atoms with Crippen LogP contribution in [-0.4, -0.2) is 39.4 Å². The van der Waals surface area contributed by atoms with Crippen LogP contribution in [0, 0.1) is 0 Å². The van der Waals surface area contributed by atoms with Gasteiger partial charge in [-0.25, -0.2) is 4.79 Å². The second kappa shape index (κ2) is 7.67. The summed E-state index contributed by atoms with van der Waals surface area (Å²) >= 11 is 0. The number of hydrogen-bond acceptors (Lipinski definition) is 5. The van der Waals surface area contributed by atoms with Crippen molar-refractivity contribution in [2.24, 2.45) is 0 Å². The summed E-state index contributed by atoms with van der Waals surface area (Å²) in [5.74, 6) is -1.12. The van der Waals surface area contributed by atoms with Gasteiger partial charge in [-0.1, -0.05) is 30.3 Å². The minimum atomic E-state index is -2.11. The highest BCUT2D eigenvalue weighted by Gasteiger charge is 2.46. The number of carbonyl (C=O) groups excluding carboxylic acids is 2. The van der Waals surface area contributed by atoms with Gasteiger partial charge in [0.05, 0.1) is 13.7 Å². The molecule has 1 atom stereocenters. The van der Waals surface area contributed by atoms with Crippen LogP contribution in [0.25, 0.3) is 0 Å². The van der Waals surface area contributed by atoms with Crippen LogP contribution in [-0.2, 0) is 30.1 Å². The summed E-state index contributed by atoms with van der Waals surface area (Å²) in [6.45, 7) is 7.28. The Hall–Kier alpha value is -1.50. The molecule has 22 heavy (non-hydrogen) atoms. The Labute approximate surface area is 132 Å². The molecule has 1 rings (SSSR count). The summed E-state index contributed by atoms with van der Waals surface area (Å²) in [6, 6.07) is 9.51. The van der Waals surface area contributed by atoms with E-state index < -0.39 is 25.7 Å². The molecule has 0 spiro atoms. The monoisotopic (exact) mass is 324 g/mol. The van der Waals surface area contributed by atoms with Crippen LogP contribution in [0.5, 0.6) is 0 Å². The predicted octanol–water partition coefficient (Wildman–Crippen LogP) is 2.56. The maximum absolute atomic E-state index is 12.4. The van der Waals surface area contributed by atoms with Crippen molar-refractivity contribution in [2.75, 3.05) is 13.7 Å². The van der Waals surface area contributed by atoms with E-state index in [1.165, 1.54) is 14.0 Å². The Bertz CT molecular complexity index is 509. The summed E-state index contributed by atoms with van der Waals surface area (Å²) in [4.78, 5) is 24.4. The second-order valence-corrected chi connectivity index (χ2v) is 10.6. The highest BCUT2D eigenvalue weighted by molar-refractivity contribution is 6.70. The third-order valence-electron chi connectivity index (χ3n) is 2.96. The highest BCUT2D eigenvalue weighted by Crippen LogP contribution is 2.21. The van der Waals surface area contributed by atoms with E-state index in [0.29, 0.717) is 6.61 Å². The minimum Gasteiger partial charge on any atom is -0.467 e. The van der Waals surface area contributed by atoms with E-state index >= 15 is 0 Å². The molecule has 0 amide bonds. The topological polar surface area (TPSA) is 61.8 Å². The first-order valence-electron chi connectivity index (χ1n) is 7.12. The van der Waals surface area contributed by atoms with Gasteiger partial charge in [0.15, 0.2) is 14.1 Å². The van der Waals surface area contributed by atoms with Crippen LogP contribution in [0.1, 0.15) is 12.5 Å². The Balaban J connectivity index is 2.70. The average molecular weight is 324 g/mol. The standard InChI is InChI=1S/C16H24O5Si/c1-16(15(18)19-2,21-22(3,4)5)14(17)12-20-11-13-9-7-6-8-10-13/h6-10H,11-12H2,1-5H3. The Kier molecular flexibility index (Phi) is 6.46. The van der Waals surface area contributed by atoms with Crippen LogP contribution in [0.2, 0.25) is 19.6 Å². The zero-order valence-electron chi connectivity index (χ0n) is 13.8. The molecule has 0 N–H and O–H groups in total. The van der Waals surface area contributed by atoms with Crippen molar-refractivity contribution in [1.82, 2.24) is 0 Å². The maximum Gasteiger partial charge on any atom is 0.344 e. The lowest BCUT2D eigenvalue weighted by molar-refractivity contribution is -0.166. The van der Waals surface area contributed by atoms with Gasteiger partial charge in [-0.05, 0) is 32.1 Å². The first kappa shape index (κ1) is 18.5. The van der Waals surface area contributed by atoms with E-state index in [-0.39, 0.29) is 6.61 Å². The van der Waals surface area contributed by atoms with Gasteiger partial charge in [-0.2, -0.15) is 0 Å². The average Bonchev–Trinajstić information content (AvgIpc) is 2.45. The van der Waals surface area contributed by atoms with Gasteiger partial charge in [0, 0.05) is 0 Å². The molecule has 0 heterocycles. The number of benzene rings is 1. The molecule has 0 aliphatic heterocycles. The first-order valence-corrected chi connectivity index (χ1v) is 10.5. The zero-order chi connectivity index (χ0) is 16.8. The smallest absolute Gasteiger partial charge is 0.344 e. The number of esters is 1. The molecule has 6 heteroatoms. The van der Waals surface area contributed by atoms with Crippen LogP contribution in [0.3, 0.4) is 0 Å². The van der Waals surface area contributed by atoms with E-state index in [4.69, 9.17) is 13.9 Å². The van der Waals surface area contributed by atoms with E-state index in [9.17, 15) is 9.59 Å². The van der Waals surface area contributed by atoms with E-state index in [1.54, 1.807) is 0 Å². The van der Waals surface area contributed by atoms with E-state index in [2.05, 4.69) is 0 Å². The summed E-state index contributed by atoms with van der Waals surface area (Å²) in [5, 5.41) is 0. The molecule has 0 aromatic heterocycles. The molecule has 0 saturated carbocycles. The van der Waals surface area contributed by atoms with Crippen molar-refractivity contribution in [3.05, 3.63) is 35.9 Å². The Morgan fingerprint density at radius 3 is 2.23 bits per heavy atom. The van der Waals surface area contributed by atoms with Gasteiger partial charge in [-0.3, -0.25) is 4.79 Å². The summed E-state index contributed by atoms with van der Waals surface area (Å²) < 4.78 is 15.9. The summed E-state index contributed by atoms with van der Waals surface area (Å²) in [5.41, 5.74) is -0.656. The maximum atomic E-state index is 12.4. The number of carbonyl (C=O) groups is 2. The Morgan fingerprint density at radius 1 is 1.14 bits per heavy atom. The molecule has 1 unspecified atom stereocenters. The van der Waals surface area contributed by atoms with Crippen LogP contribution in [0.4, 0.5) is 0 Å². The molecule has 122 valence electrons. The molecule has 0 saturated heterocycles. The largest absolute Gasteiger partial charge is 0.467 e. The lowest BCUT2D eigenvalue weighted by Gasteiger charge is -2.32. The Morgan fingerprint density at radius 2 is 1.73 bits per heavy atom. The van der Waals surface area contributed by atoms with Crippen molar-refractivity contribution in [3.8, 4) is 0 Å². The molecule has 0 aliphatic carbocycles. The minimum absolute atomic E-state index is 0.203. The van der Waals surface area contributed by atoms with E-state index in [0.717, 1.165) is 5.56 Å². The van der Waals surface area contributed by atoms with Gasteiger partial charge in [0.1, 0.15) is 6.61 Å². The molecular weight excluding hydrogens is 300 g/mol. The SMILES string of the molecule is COC(=O)C(C)(O[Si](C)(C)C)C(=O)COCc1ccccc1. The lowest BCUT2D eigenvalue weighted by Crippen LogP contribution is -2.54. The molecule has 5 nitrogen and oxygen atoms in total. The lowest BCUT2D eigenvalue weighted by atomic mass is 10.0. The van der Waals surface area contributed by atoms with Gasteiger partial charge in [0.25, 0.3) is 0 Å². The highest BCUT2D eigenvalue weighted by atomic mass is 28.4. The fourth-order valence-electron chi connectivity index (χ4n) is 1.99. The third-order valence-corrected chi connectivity index (χ3v) is 3.98. The van der Waals surface area contributed by atoms with Crippen molar-refractivity contribution >= 4 is 20.1 Å². The van der Waals surface area contributed by atoms with Gasteiger partial charge in [0.2, 0.25) is 5.60 Å². The quantitative estimate of drug-likeness (QED) is 0.418. The van der Waals surface area contributed by atoms with Gasteiger partial charge < -0.3 is 13.9 Å². The number of hydrogen-bond donors (Lipinski definition) is 0. The number of rotatable bonds is 8. The van der Waals surface area contributed by atoms with Crippen LogP contribution < -0.4 is 0 Å². The fourth-order valence-corrected chi connectivity index (χ4v) is 3.41. The van der Waals surface area contributed by atoms with E-state index in [1.807, 2.05) is 50.0 Å². The number of Topliss-reactive ketones (excluding diaryl/α,β-unsaturated/α-hetero) is 1. The fraction of sp³-hybridized carbons (Fsp3) is 0.500. The summed E-state index contributed by atoms with van der Waals surface area (Å²) in [7, 11) is -0.872. The number of ether oxygens (including phenoxy) is 2. The number of ketones is 1. The van der Waals surface area contributed by atoms with Crippen molar-refractivity contribution in [2.45, 2.75) is 38.8 Å². The third kappa shape index (κ3) is 5.36. The molecule has 0 aliphatic rings. The summed E-state index contributed by atoms with van der Waals surface area (Å²) in [6.07, 6.45) is 0. The molecule has 0 radical (unpaired) electrons. The predicted molar refractivity (Wildman–Crippen MR) is 86.0 cm³/mol. The van der Waals surface area contributed by atoms with Crippen molar-refractivity contribution in [1.29, 1.82) is 0 Å². The number of methoxy groups -OCH3 is 1. The molecule has 1 aromatic rings. The van der Waals surface area contributed by atoms with Crippen LogP contribution in [0.15, 0.2) is 30.3 Å². The van der Waals surface area contributed by atoms with Crippen LogP contribution >= 0.6 is 0 Å². The molecule has 0 bridgehead atoms. The van der Waals surface area contributed by atoms with Gasteiger partial charge >= 0.3 is 5.97 Å². The normalized spacial score (nSPS) is 14.2. The molecular formula is C16H24O5Si. The second-order valence-electron chi connectivity index (χ2n) is 6.14. The first-order chi connectivity index (χ1) is 10.2. The van der Waals surface area contributed by atoms with Crippen molar-refractivity contribution < 1.29 is 23.5 Å². The molecule has 1 aromatic carbocycles. The van der Waals surface area contributed by atoms with Gasteiger partial charge in [-0.15, -0.1) is 0 Å².